The molecule has 0 atom stereocenters. The molecule has 1 aromatic carbocycles. The van der Waals surface area contributed by atoms with Crippen LogP contribution in [-0.4, -0.2) is 19.7 Å². The van der Waals surface area contributed by atoms with Gasteiger partial charge in [0.25, 0.3) is 0 Å². The number of halogens is 4. The summed E-state index contributed by atoms with van der Waals surface area (Å²) in [5, 5.41) is 0. The maximum atomic E-state index is 12.9. The molecule has 0 fully saturated rings. The van der Waals surface area contributed by atoms with Crippen LogP contribution < -0.4 is 4.74 Å². The maximum absolute atomic E-state index is 12.9. The monoisotopic (exact) mass is 340 g/mol. The molecule has 3 nitrogen and oxygen atoms in total. The van der Waals surface area contributed by atoms with Crippen LogP contribution in [-0.2, 0) is 22.1 Å². The minimum atomic E-state index is -4.56. The lowest BCUT2D eigenvalue weighted by atomic mass is 10.1. The van der Waals surface area contributed by atoms with Gasteiger partial charge in [0.1, 0.15) is 5.75 Å². The summed E-state index contributed by atoms with van der Waals surface area (Å²) < 4.78 is 48.3. The summed E-state index contributed by atoms with van der Waals surface area (Å²) in [5.74, 6) is -0.962. The minimum absolute atomic E-state index is 0.127. The molecule has 0 unspecified atom stereocenters. The lowest BCUT2D eigenvalue weighted by molar-refractivity contribution is -0.143. The van der Waals surface area contributed by atoms with E-state index < -0.39 is 17.7 Å². The molecule has 0 aliphatic rings. The van der Waals surface area contributed by atoms with Crippen molar-refractivity contribution in [3.8, 4) is 5.75 Å². The lowest BCUT2D eigenvalue weighted by Crippen LogP contribution is -2.13. The Labute approximate surface area is 116 Å². The first-order valence-corrected chi connectivity index (χ1v) is 6.18. The predicted octanol–water partition coefficient (Wildman–Crippen LogP) is 3.58. The van der Waals surface area contributed by atoms with Crippen molar-refractivity contribution in [1.29, 1.82) is 0 Å². The zero-order chi connectivity index (χ0) is 14.6. The number of hydrogen-bond acceptors (Lipinski definition) is 3. The highest BCUT2D eigenvalue weighted by atomic mass is 79.9. The second-order valence-electron chi connectivity index (χ2n) is 3.63. The molecule has 1 aromatic rings. The molecule has 1 rings (SSSR count). The number of rotatable bonds is 4. The Balaban J connectivity index is 3.24. The fourth-order valence-corrected chi connectivity index (χ4v) is 2.11. The van der Waals surface area contributed by atoms with E-state index >= 15 is 0 Å². The first-order valence-electron chi connectivity index (χ1n) is 5.38. The number of ether oxygens (including phenoxy) is 2. The molecule has 0 aromatic heterocycles. The number of benzene rings is 1. The Morgan fingerprint density at radius 2 is 2.00 bits per heavy atom. The van der Waals surface area contributed by atoms with Crippen LogP contribution in [0.1, 0.15) is 18.1 Å². The Morgan fingerprint density at radius 1 is 1.37 bits per heavy atom. The van der Waals surface area contributed by atoms with Gasteiger partial charge in [0.15, 0.2) is 0 Å². The second-order valence-corrected chi connectivity index (χ2v) is 4.54. The van der Waals surface area contributed by atoms with Crippen LogP contribution in [0.4, 0.5) is 13.2 Å². The second kappa shape index (κ2) is 6.27. The van der Waals surface area contributed by atoms with Crippen molar-refractivity contribution in [3.63, 3.8) is 0 Å². The van der Waals surface area contributed by atoms with E-state index in [0.717, 1.165) is 13.2 Å². The highest BCUT2D eigenvalue weighted by Gasteiger charge is 2.36. The molecule has 0 spiro atoms. The number of alkyl halides is 3. The van der Waals surface area contributed by atoms with E-state index in [9.17, 15) is 18.0 Å². The van der Waals surface area contributed by atoms with Crippen molar-refractivity contribution in [2.75, 3.05) is 13.7 Å². The highest BCUT2D eigenvalue weighted by molar-refractivity contribution is 9.10. The quantitative estimate of drug-likeness (QED) is 0.786. The molecule has 0 saturated heterocycles. The summed E-state index contributed by atoms with van der Waals surface area (Å²) in [6, 6.07) is 2.32. The number of esters is 1. The van der Waals surface area contributed by atoms with Gasteiger partial charge in [-0.05, 0) is 19.1 Å². The van der Waals surface area contributed by atoms with Crippen molar-refractivity contribution in [1.82, 2.24) is 0 Å². The van der Waals surface area contributed by atoms with Crippen molar-refractivity contribution in [3.05, 3.63) is 27.7 Å². The van der Waals surface area contributed by atoms with Gasteiger partial charge in [0.2, 0.25) is 0 Å². The van der Waals surface area contributed by atoms with Gasteiger partial charge in [-0.15, -0.1) is 0 Å². The van der Waals surface area contributed by atoms with E-state index in [2.05, 4.69) is 15.9 Å². The lowest BCUT2D eigenvalue weighted by Gasteiger charge is -2.16. The zero-order valence-electron chi connectivity index (χ0n) is 10.3. The van der Waals surface area contributed by atoms with Crippen LogP contribution >= 0.6 is 15.9 Å². The van der Waals surface area contributed by atoms with E-state index in [1.807, 2.05) is 0 Å². The topological polar surface area (TPSA) is 35.5 Å². The van der Waals surface area contributed by atoms with Gasteiger partial charge in [-0.25, -0.2) is 0 Å². The van der Waals surface area contributed by atoms with E-state index in [4.69, 9.17) is 9.47 Å². The zero-order valence-corrected chi connectivity index (χ0v) is 11.9. The molecular weight excluding hydrogens is 329 g/mol. The van der Waals surface area contributed by atoms with Gasteiger partial charge in [-0.2, -0.15) is 13.2 Å². The SMILES string of the molecule is CCOC(=O)Cc1cc(Br)cc(C(F)(F)F)c1OC. The third-order valence-corrected chi connectivity index (χ3v) is 2.74. The van der Waals surface area contributed by atoms with E-state index in [0.29, 0.717) is 0 Å². The van der Waals surface area contributed by atoms with Gasteiger partial charge < -0.3 is 9.47 Å². The number of carbonyl (C=O) groups is 1. The normalized spacial score (nSPS) is 11.3. The summed E-state index contributed by atoms with van der Waals surface area (Å²) >= 11 is 2.99. The molecule has 0 heterocycles. The molecule has 0 amide bonds. The van der Waals surface area contributed by atoms with Crippen molar-refractivity contribution < 1.29 is 27.4 Å². The number of methoxy groups -OCH3 is 1. The highest BCUT2D eigenvalue weighted by Crippen LogP contribution is 2.40. The van der Waals surface area contributed by atoms with E-state index in [1.54, 1.807) is 6.92 Å². The summed E-state index contributed by atoms with van der Waals surface area (Å²) in [6.45, 7) is 1.79. The molecule has 7 heteroatoms. The number of hydrogen-bond donors (Lipinski definition) is 0. The minimum Gasteiger partial charge on any atom is -0.496 e. The average molecular weight is 341 g/mol. The first-order chi connectivity index (χ1) is 8.79. The van der Waals surface area contributed by atoms with Gasteiger partial charge in [-0.3, -0.25) is 4.79 Å². The molecule has 0 N–H and O–H groups in total. The third kappa shape index (κ3) is 4.12. The molecule has 0 saturated carbocycles. The van der Waals surface area contributed by atoms with Gasteiger partial charge in [-0.1, -0.05) is 15.9 Å². The van der Waals surface area contributed by atoms with E-state index in [-0.39, 0.29) is 28.8 Å². The van der Waals surface area contributed by atoms with Gasteiger partial charge >= 0.3 is 12.1 Å². The van der Waals surface area contributed by atoms with Crippen molar-refractivity contribution in [2.45, 2.75) is 19.5 Å². The van der Waals surface area contributed by atoms with Crippen LogP contribution in [0.15, 0.2) is 16.6 Å². The van der Waals surface area contributed by atoms with Crippen LogP contribution in [0.2, 0.25) is 0 Å². The van der Waals surface area contributed by atoms with E-state index in [1.165, 1.54) is 6.07 Å². The molecular formula is C12H12BrF3O3. The Bertz CT molecular complexity index is 472. The molecule has 106 valence electrons. The van der Waals surface area contributed by atoms with Crippen LogP contribution in [0, 0.1) is 0 Å². The van der Waals surface area contributed by atoms with Crippen LogP contribution in [0.25, 0.3) is 0 Å². The Hall–Kier alpha value is -1.24. The summed E-state index contributed by atoms with van der Waals surface area (Å²) in [6.07, 6.45) is -4.84. The standard InChI is InChI=1S/C12H12BrF3O3/c1-3-19-10(17)5-7-4-8(13)6-9(11(7)18-2)12(14,15)16/h4,6H,3,5H2,1-2H3. The van der Waals surface area contributed by atoms with Crippen molar-refractivity contribution >= 4 is 21.9 Å². The fourth-order valence-electron chi connectivity index (χ4n) is 1.60. The molecule has 0 aliphatic carbocycles. The average Bonchev–Trinajstić information content (AvgIpc) is 2.27. The molecule has 19 heavy (non-hydrogen) atoms. The smallest absolute Gasteiger partial charge is 0.420 e. The fraction of sp³-hybridized carbons (Fsp3) is 0.417. The molecule has 0 aliphatic heterocycles. The summed E-state index contributed by atoms with van der Waals surface area (Å²) in [4.78, 5) is 11.4. The van der Waals surface area contributed by atoms with Crippen molar-refractivity contribution in [2.24, 2.45) is 0 Å². The number of carbonyl (C=O) groups excluding carboxylic acids is 1. The molecule has 0 bridgehead atoms. The van der Waals surface area contributed by atoms with Crippen LogP contribution in [0.3, 0.4) is 0 Å². The van der Waals surface area contributed by atoms with Crippen LogP contribution in [0.5, 0.6) is 5.75 Å². The summed E-state index contributed by atoms with van der Waals surface area (Å²) in [5.41, 5.74) is -0.800. The third-order valence-electron chi connectivity index (χ3n) is 2.28. The molecule has 0 radical (unpaired) electrons. The van der Waals surface area contributed by atoms with Gasteiger partial charge in [0, 0.05) is 10.0 Å². The van der Waals surface area contributed by atoms with Gasteiger partial charge in [0.05, 0.1) is 25.7 Å². The Kier molecular flexibility index (Phi) is 5.22. The summed E-state index contributed by atoms with van der Waals surface area (Å²) in [7, 11) is 1.13. The first kappa shape index (κ1) is 15.8. The Morgan fingerprint density at radius 3 is 2.47 bits per heavy atom. The largest absolute Gasteiger partial charge is 0.496 e. The maximum Gasteiger partial charge on any atom is 0.420 e. The predicted molar refractivity (Wildman–Crippen MR) is 66.0 cm³/mol.